The molecule has 0 atom stereocenters. The van der Waals surface area contributed by atoms with Crippen molar-refractivity contribution in [1.29, 1.82) is 0 Å². The van der Waals surface area contributed by atoms with Crippen LogP contribution < -0.4 is 15.4 Å². The van der Waals surface area contributed by atoms with Crippen LogP contribution in [-0.4, -0.2) is 39.9 Å². The van der Waals surface area contributed by atoms with E-state index in [1.807, 2.05) is 25.1 Å². The number of hydrogen-bond acceptors (Lipinski definition) is 3. The minimum Gasteiger partial charge on any atom is -0.494 e. The lowest BCUT2D eigenvalue weighted by Gasteiger charge is -2.14. The molecule has 0 aliphatic heterocycles. The molecule has 0 saturated heterocycles. The molecule has 0 saturated carbocycles. The number of ether oxygens (including phenoxy) is 2. The summed E-state index contributed by atoms with van der Waals surface area (Å²) in [5.41, 5.74) is 1.12. The zero-order valence-electron chi connectivity index (χ0n) is 13.0. The Morgan fingerprint density at radius 1 is 1.24 bits per heavy atom. The van der Waals surface area contributed by atoms with E-state index >= 15 is 0 Å². The Morgan fingerprint density at radius 2 is 2.00 bits per heavy atom. The topological polar surface area (TPSA) is 54.9 Å². The van der Waals surface area contributed by atoms with Crippen LogP contribution in [0.3, 0.4) is 0 Å². The van der Waals surface area contributed by atoms with E-state index in [0.29, 0.717) is 13.2 Å². The zero-order valence-corrected chi connectivity index (χ0v) is 15.3. The maximum atomic E-state index is 5.60. The summed E-state index contributed by atoms with van der Waals surface area (Å²) in [6, 6.07) is 8.02. The average Bonchev–Trinajstić information content (AvgIpc) is 2.48. The molecule has 0 aliphatic carbocycles. The zero-order chi connectivity index (χ0) is 14.6. The standard InChI is InChI=1S/C15H25N3O2.HI/c1-4-20-14-9-6-5-8-13(14)12-18-15(16-2)17-10-7-11-19-3;/h5-6,8-9H,4,7,10-12H2,1-3H3,(H2,16,17,18);1H. The van der Waals surface area contributed by atoms with Crippen molar-refractivity contribution in [2.75, 3.05) is 33.9 Å². The largest absolute Gasteiger partial charge is 0.494 e. The van der Waals surface area contributed by atoms with Gasteiger partial charge in [0, 0.05) is 39.4 Å². The van der Waals surface area contributed by atoms with E-state index in [4.69, 9.17) is 9.47 Å². The number of para-hydroxylation sites is 1. The second kappa shape index (κ2) is 12.7. The average molecular weight is 407 g/mol. The van der Waals surface area contributed by atoms with Gasteiger partial charge in [0.15, 0.2) is 5.96 Å². The van der Waals surface area contributed by atoms with E-state index in [2.05, 4.69) is 21.7 Å². The highest BCUT2D eigenvalue weighted by Gasteiger charge is 2.03. The highest BCUT2D eigenvalue weighted by Crippen LogP contribution is 2.17. The van der Waals surface area contributed by atoms with E-state index in [9.17, 15) is 0 Å². The summed E-state index contributed by atoms with van der Waals surface area (Å²) in [6.45, 7) is 4.92. The smallest absolute Gasteiger partial charge is 0.191 e. The molecule has 0 aromatic heterocycles. The monoisotopic (exact) mass is 407 g/mol. The lowest BCUT2D eigenvalue weighted by atomic mass is 10.2. The number of rotatable bonds is 8. The highest BCUT2D eigenvalue weighted by atomic mass is 127. The number of hydrogen-bond donors (Lipinski definition) is 2. The molecule has 21 heavy (non-hydrogen) atoms. The second-order valence-electron chi connectivity index (χ2n) is 4.24. The third-order valence-electron chi connectivity index (χ3n) is 2.76. The first-order valence-corrected chi connectivity index (χ1v) is 6.96. The molecule has 0 fully saturated rings. The summed E-state index contributed by atoms with van der Waals surface area (Å²) in [7, 11) is 3.47. The first kappa shape index (κ1) is 20.0. The Morgan fingerprint density at radius 3 is 2.67 bits per heavy atom. The van der Waals surface area contributed by atoms with Crippen LogP contribution in [0.25, 0.3) is 0 Å². The fraction of sp³-hybridized carbons (Fsp3) is 0.533. The van der Waals surface area contributed by atoms with Crippen LogP contribution in [0.5, 0.6) is 5.75 Å². The summed E-state index contributed by atoms with van der Waals surface area (Å²) in [5, 5.41) is 6.52. The number of halogens is 1. The number of nitrogens with zero attached hydrogens (tertiary/aromatic N) is 1. The van der Waals surface area contributed by atoms with Crippen molar-refractivity contribution in [1.82, 2.24) is 10.6 Å². The normalized spacial score (nSPS) is 10.7. The van der Waals surface area contributed by atoms with Crippen LogP contribution in [0.4, 0.5) is 0 Å². The molecule has 120 valence electrons. The molecule has 2 N–H and O–H groups in total. The molecule has 0 bridgehead atoms. The number of guanidine groups is 1. The number of methoxy groups -OCH3 is 1. The van der Waals surface area contributed by atoms with Gasteiger partial charge in [-0.05, 0) is 19.4 Å². The maximum absolute atomic E-state index is 5.60. The van der Waals surface area contributed by atoms with Crippen LogP contribution in [0.15, 0.2) is 29.3 Å². The van der Waals surface area contributed by atoms with Gasteiger partial charge in [0.25, 0.3) is 0 Å². The first-order valence-electron chi connectivity index (χ1n) is 6.96. The van der Waals surface area contributed by atoms with Crippen LogP contribution in [0, 0.1) is 0 Å². The second-order valence-corrected chi connectivity index (χ2v) is 4.24. The minimum atomic E-state index is 0. The third-order valence-corrected chi connectivity index (χ3v) is 2.76. The molecule has 1 aromatic rings. The first-order chi connectivity index (χ1) is 9.81. The number of aliphatic imine (C=N–C) groups is 1. The van der Waals surface area contributed by atoms with Crippen molar-refractivity contribution in [3.63, 3.8) is 0 Å². The Hall–Kier alpha value is -1.02. The molecule has 1 rings (SSSR count). The Kier molecular flexibility index (Phi) is 12.1. The van der Waals surface area contributed by atoms with Crippen LogP contribution in [0.2, 0.25) is 0 Å². The fourth-order valence-corrected chi connectivity index (χ4v) is 1.77. The predicted octanol–water partition coefficient (Wildman–Crippen LogP) is 2.40. The summed E-state index contributed by atoms with van der Waals surface area (Å²) in [6.07, 6.45) is 0.951. The third kappa shape index (κ3) is 8.11. The van der Waals surface area contributed by atoms with Crippen molar-refractivity contribution in [3.8, 4) is 5.75 Å². The molecular weight excluding hydrogens is 381 g/mol. The molecule has 0 aliphatic rings. The van der Waals surface area contributed by atoms with Gasteiger partial charge in [0.05, 0.1) is 6.61 Å². The molecule has 0 amide bonds. The number of nitrogens with one attached hydrogen (secondary N) is 2. The van der Waals surface area contributed by atoms with Crippen LogP contribution in [-0.2, 0) is 11.3 Å². The van der Waals surface area contributed by atoms with Crippen molar-refractivity contribution in [2.24, 2.45) is 4.99 Å². The summed E-state index contributed by atoms with van der Waals surface area (Å²) < 4.78 is 10.6. The van der Waals surface area contributed by atoms with Gasteiger partial charge < -0.3 is 20.1 Å². The van der Waals surface area contributed by atoms with Gasteiger partial charge in [-0.25, -0.2) is 0 Å². The van der Waals surface area contributed by atoms with E-state index in [1.54, 1.807) is 14.2 Å². The van der Waals surface area contributed by atoms with Gasteiger partial charge in [0.2, 0.25) is 0 Å². The molecule has 0 heterocycles. The summed E-state index contributed by atoms with van der Waals surface area (Å²) in [5.74, 6) is 1.70. The highest BCUT2D eigenvalue weighted by molar-refractivity contribution is 14.0. The van der Waals surface area contributed by atoms with Crippen molar-refractivity contribution < 1.29 is 9.47 Å². The van der Waals surface area contributed by atoms with Crippen LogP contribution >= 0.6 is 24.0 Å². The number of benzene rings is 1. The Bertz CT molecular complexity index is 414. The molecule has 0 spiro atoms. The fourth-order valence-electron chi connectivity index (χ4n) is 1.77. The Balaban J connectivity index is 0.00000400. The SMILES string of the molecule is CCOc1ccccc1CNC(=NC)NCCCOC.I. The van der Waals surface area contributed by atoms with Gasteiger partial charge in [0.1, 0.15) is 5.75 Å². The molecular formula is C15H26IN3O2. The minimum absolute atomic E-state index is 0. The maximum Gasteiger partial charge on any atom is 0.191 e. The lowest BCUT2D eigenvalue weighted by Crippen LogP contribution is -2.37. The van der Waals surface area contributed by atoms with E-state index in [-0.39, 0.29) is 24.0 Å². The van der Waals surface area contributed by atoms with Gasteiger partial charge >= 0.3 is 0 Å². The van der Waals surface area contributed by atoms with Crippen LogP contribution in [0.1, 0.15) is 18.9 Å². The van der Waals surface area contributed by atoms with E-state index in [0.717, 1.165) is 36.8 Å². The molecule has 6 heteroatoms. The van der Waals surface area contributed by atoms with Gasteiger partial charge in [-0.1, -0.05) is 18.2 Å². The van der Waals surface area contributed by atoms with Crippen molar-refractivity contribution in [3.05, 3.63) is 29.8 Å². The van der Waals surface area contributed by atoms with Crippen molar-refractivity contribution >= 4 is 29.9 Å². The van der Waals surface area contributed by atoms with Gasteiger partial charge in [-0.2, -0.15) is 0 Å². The van der Waals surface area contributed by atoms with Gasteiger partial charge in [-0.15, -0.1) is 24.0 Å². The molecule has 5 nitrogen and oxygen atoms in total. The predicted molar refractivity (Wildman–Crippen MR) is 97.7 cm³/mol. The van der Waals surface area contributed by atoms with Gasteiger partial charge in [-0.3, -0.25) is 4.99 Å². The summed E-state index contributed by atoms with van der Waals surface area (Å²) in [4.78, 5) is 4.19. The molecule has 0 unspecified atom stereocenters. The Labute approximate surface area is 144 Å². The quantitative estimate of drug-likeness (QED) is 0.301. The molecule has 1 aromatic carbocycles. The molecule has 0 radical (unpaired) electrons. The van der Waals surface area contributed by atoms with E-state index in [1.165, 1.54) is 0 Å². The lowest BCUT2D eigenvalue weighted by molar-refractivity contribution is 0.195. The van der Waals surface area contributed by atoms with Crippen molar-refractivity contribution in [2.45, 2.75) is 19.9 Å². The van der Waals surface area contributed by atoms with E-state index < -0.39 is 0 Å². The summed E-state index contributed by atoms with van der Waals surface area (Å²) >= 11 is 0.